The van der Waals surface area contributed by atoms with Gasteiger partial charge < -0.3 is 29.3 Å². The molecule has 1 N–H and O–H groups in total. The number of piperazine rings is 1. The Labute approximate surface area is 307 Å². The van der Waals surface area contributed by atoms with Crippen LogP contribution in [0.15, 0.2) is 100 Å². The molecule has 0 aliphatic carbocycles. The first-order chi connectivity index (χ1) is 25.3. The van der Waals surface area contributed by atoms with Gasteiger partial charge in [0.15, 0.2) is 28.8 Å². The van der Waals surface area contributed by atoms with Crippen LogP contribution in [0.25, 0.3) is 27.5 Å². The summed E-state index contributed by atoms with van der Waals surface area (Å²) in [6.45, 7) is 5.73. The molecule has 266 valence electrons. The van der Waals surface area contributed by atoms with Crippen LogP contribution in [0.2, 0.25) is 0 Å². The van der Waals surface area contributed by atoms with Crippen LogP contribution in [-0.2, 0) is 0 Å². The van der Waals surface area contributed by atoms with Crippen molar-refractivity contribution in [3.63, 3.8) is 0 Å². The Kier molecular flexibility index (Phi) is 10.4. The van der Waals surface area contributed by atoms with Gasteiger partial charge in [-0.2, -0.15) is 5.10 Å². The molecule has 0 atom stereocenters. The highest BCUT2D eigenvalue weighted by Gasteiger charge is 2.21. The zero-order chi connectivity index (χ0) is 36.2. The number of nitrogens with zero attached hydrogens (tertiary/aromatic N) is 5. The number of nitrogens with one attached hydrogen (secondary N) is 1. The fourth-order valence-corrected chi connectivity index (χ4v) is 6.59. The number of methoxy groups -OCH3 is 1. The van der Waals surface area contributed by atoms with E-state index in [1.54, 1.807) is 55.8 Å². The van der Waals surface area contributed by atoms with Gasteiger partial charge in [0.1, 0.15) is 5.75 Å². The number of anilines is 1. The summed E-state index contributed by atoms with van der Waals surface area (Å²) < 4.78 is 35.5. The number of aromatic nitrogens is 3. The van der Waals surface area contributed by atoms with Gasteiger partial charge in [-0.15, -0.1) is 0 Å². The number of benzene rings is 4. The van der Waals surface area contributed by atoms with E-state index in [1.165, 1.54) is 16.8 Å². The van der Waals surface area contributed by atoms with Gasteiger partial charge in [0.2, 0.25) is 5.43 Å². The van der Waals surface area contributed by atoms with Gasteiger partial charge in [-0.05, 0) is 77.9 Å². The molecule has 1 amide bonds. The molecule has 1 fully saturated rings. The van der Waals surface area contributed by atoms with Gasteiger partial charge in [-0.25, -0.2) is 9.07 Å². The number of para-hydroxylation sites is 2. The molecule has 1 aliphatic heterocycles. The Morgan fingerprint density at radius 3 is 2.48 bits per heavy atom. The Morgan fingerprint density at radius 1 is 0.904 bits per heavy atom. The second kappa shape index (κ2) is 15.5. The molecule has 1 aliphatic rings. The average molecular weight is 768 g/mol. The minimum absolute atomic E-state index is 0.0752. The molecule has 1 saturated heterocycles. The van der Waals surface area contributed by atoms with E-state index in [2.05, 4.69) is 48.2 Å². The van der Waals surface area contributed by atoms with Crippen LogP contribution in [0.4, 0.5) is 10.1 Å². The number of rotatable bonds is 11. The maximum Gasteiger partial charge on any atom is 0.280 e. The number of hydrogen-bond donors (Lipinski definition) is 1. The van der Waals surface area contributed by atoms with Crippen LogP contribution in [0.1, 0.15) is 16.9 Å². The zero-order valence-electron chi connectivity index (χ0n) is 28.6. The van der Waals surface area contributed by atoms with E-state index >= 15 is 4.39 Å². The highest BCUT2D eigenvalue weighted by Crippen LogP contribution is 2.38. The van der Waals surface area contributed by atoms with Crippen LogP contribution >= 0.6 is 15.9 Å². The third-order valence-corrected chi connectivity index (χ3v) is 9.63. The second-order valence-electron chi connectivity index (χ2n) is 12.4. The van der Waals surface area contributed by atoms with E-state index < -0.39 is 17.2 Å². The van der Waals surface area contributed by atoms with E-state index in [4.69, 9.17) is 14.2 Å². The summed E-state index contributed by atoms with van der Waals surface area (Å²) in [5.41, 5.74) is 0.995. The molecule has 52 heavy (non-hydrogen) atoms. The first-order valence-electron chi connectivity index (χ1n) is 16.9. The fourth-order valence-electron chi connectivity index (χ4n) is 6.13. The molecule has 11 nitrogen and oxygen atoms in total. The third kappa shape index (κ3) is 7.47. The molecule has 7 rings (SSSR count). The Balaban J connectivity index is 1.07. The summed E-state index contributed by atoms with van der Waals surface area (Å²) in [6.07, 6.45) is 2.45. The number of carbonyl (C=O) groups excluding carboxylic acids is 1. The first-order valence-corrected chi connectivity index (χ1v) is 17.6. The monoisotopic (exact) mass is 766 g/mol. The van der Waals surface area contributed by atoms with Gasteiger partial charge in [0.05, 0.1) is 35.8 Å². The molecule has 3 heterocycles. The summed E-state index contributed by atoms with van der Waals surface area (Å²) in [4.78, 5) is 36.1. The van der Waals surface area contributed by atoms with Crippen molar-refractivity contribution < 1.29 is 23.4 Å². The quantitative estimate of drug-likeness (QED) is 0.141. The number of hydrogen-bond acceptors (Lipinski definition) is 9. The van der Waals surface area contributed by atoms with Gasteiger partial charge in [0, 0.05) is 66.6 Å². The molecular weight excluding hydrogens is 731 g/mol. The van der Waals surface area contributed by atoms with Crippen molar-refractivity contribution in [2.24, 2.45) is 0 Å². The molecule has 6 aromatic rings. The van der Waals surface area contributed by atoms with Gasteiger partial charge in [-0.3, -0.25) is 14.6 Å². The summed E-state index contributed by atoms with van der Waals surface area (Å²) >= 11 is 3.53. The Morgan fingerprint density at radius 2 is 1.69 bits per heavy atom. The Bertz CT molecular complexity index is 2330. The Hall–Kier alpha value is -5.37. The maximum atomic E-state index is 15.5. The van der Waals surface area contributed by atoms with E-state index in [1.807, 2.05) is 24.3 Å². The predicted molar refractivity (Wildman–Crippen MR) is 202 cm³/mol. The lowest BCUT2D eigenvalue weighted by Crippen LogP contribution is -2.44. The predicted octanol–water partition coefficient (Wildman–Crippen LogP) is 6.91. The van der Waals surface area contributed by atoms with Crippen molar-refractivity contribution >= 4 is 49.3 Å². The summed E-state index contributed by atoms with van der Waals surface area (Å²) in [5, 5.41) is 7.96. The van der Waals surface area contributed by atoms with E-state index in [-0.39, 0.29) is 17.1 Å². The summed E-state index contributed by atoms with van der Waals surface area (Å²) in [5.74, 6) is -0.165. The van der Waals surface area contributed by atoms with Crippen molar-refractivity contribution in [1.82, 2.24) is 24.6 Å². The highest BCUT2D eigenvalue weighted by molar-refractivity contribution is 9.10. The average Bonchev–Trinajstić information content (AvgIpc) is 3.15. The molecule has 4 aromatic carbocycles. The molecule has 2 aromatic heterocycles. The smallest absolute Gasteiger partial charge is 0.280 e. The molecule has 0 saturated carbocycles. The van der Waals surface area contributed by atoms with Crippen LogP contribution in [0, 0.1) is 5.82 Å². The standard InChI is InChI=1S/C39H36BrFN6O5/c1-45-17-19-46(20-18-45)16-7-21-51-36-24-30-27(23-35(36)50-2)33(14-15-42-30)52-34-13-12-25(22-29(34)41)43-39(49)37-38(48)26-8-3-5-10-31(26)47(44-37)32-11-6-4-9-28(32)40/h3-6,8-15,22-24H,7,16-21H2,1-2H3,(H,43,49). The van der Waals surface area contributed by atoms with Crippen molar-refractivity contribution in [3.8, 4) is 28.7 Å². The molecule has 0 spiro atoms. The maximum absolute atomic E-state index is 15.5. The van der Waals surface area contributed by atoms with Gasteiger partial charge >= 0.3 is 0 Å². The van der Waals surface area contributed by atoms with Crippen molar-refractivity contribution in [3.05, 3.63) is 117 Å². The number of likely N-dealkylation sites (N-methyl/N-ethyl adjacent to an activating group) is 1. The van der Waals surface area contributed by atoms with Crippen molar-refractivity contribution in [2.75, 3.05) is 58.8 Å². The number of pyridine rings is 1. The second-order valence-corrected chi connectivity index (χ2v) is 13.3. The normalized spacial score (nSPS) is 13.7. The minimum Gasteiger partial charge on any atom is -0.493 e. The minimum atomic E-state index is -0.783. The lowest BCUT2D eigenvalue weighted by molar-refractivity contribution is 0.102. The van der Waals surface area contributed by atoms with Crippen LogP contribution in [0.5, 0.6) is 23.0 Å². The first kappa shape index (κ1) is 35.1. The lowest BCUT2D eigenvalue weighted by atomic mass is 10.1. The SMILES string of the molecule is COc1cc2c(Oc3ccc(NC(=O)c4nn(-c5ccccc5Br)c5ccccc5c4=O)cc3F)ccnc2cc1OCCCN1CCN(C)CC1. The number of amides is 1. The van der Waals surface area contributed by atoms with E-state index in [0.717, 1.165) is 49.7 Å². The molecule has 0 bridgehead atoms. The number of ether oxygens (including phenoxy) is 3. The van der Waals surface area contributed by atoms with Crippen LogP contribution in [0.3, 0.4) is 0 Å². The fraction of sp³-hybridized carbons (Fsp3) is 0.231. The lowest BCUT2D eigenvalue weighted by Gasteiger charge is -2.32. The molecule has 0 unspecified atom stereocenters. The van der Waals surface area contributed by atoms with E-state index in [9.17, 15) is 9.59 Å². The van der Waals surface area contributed by atoms with Gasteiger partial charge in [-0.1, -0.05) is 24.3 Å². The van der Waals surface area contributed by atoms with Gasteiger partial charge in [0.25, 0.3) is 5.91 Å². The van der Waals surface area contributed by atoms with Crippen molar-refractivity contribution in [1.29, 1.82) is 0 Å². The molecular formula is C39H36BrFN6O5. The molecule has 0 radical (unpaired) electrons. The number of carbonyl (C=O) groups is 1. The zero-order valence-corrected chi connectivity index (χ0v) is 30.2. The topological polar surface area (TPSA) is 111 Å². The van der Waals surface area contributed by atoms with E-state index in [0.29, 0.717) is 51.3 Å². The summed E-state index contributed by atoms with van der Waals surface area (Å²) in [7, 11) is 3.70. The highest BCUT2D eigenvalue weighted by atomic mass is 79.9. The van der Waals surface area contributed by atoms with Crippen LogP contribution in [-0.4, -0.2) is 84.0 Å². The third-order valence-electron chi connectivity index (χ3n) is 8.96. The summed E-state index contributed by atoms with van der Waals surface area (Å²) in [6, 6.07) is 23.4. The van der Waals surface area contributed by atoms with Crippen molar-refractivity contribution in [2.45, 2.75) is 6.42 Å². The number of fused-ring (bicyclic) bond motifs is 2. The largest absolute Gasteiger partial charge is 0.493 e. The molecule has 13 heteroatoms. The number of halogens is 2. The van der Waals surface area contributed by atoms with Crippen LogP contribution < -0.4 is 25.0 Å².